The summed E-state index contributed by atoms with van der Waals surface area (Å²) in [5.41, 5.74) is 0.672. The van der Waals surface area contributed by atoms with Gasteiger partial charge in [-0.1, -0.05) is 6.07 Å². The molecule has 0 aliphatic carbocycles. The number of piperidine rings is 1. The number of halogens is 2. The second-order valence-electron chi connectivity index (χ2n) is 6.02. The SMILES string of the molecule is COc1cc(CNC(=O)C2CCN(S(C)(=O)=O)CC2)ccc1OC(F)F. The number of nitrogens with zero attached hydrogens (tertiary/aromatic N) is 1. The molecular weight excluding hydrogens is 370 g/mol. The number of rotatable bonds is 7. The zero-order chi connectivity index (χ0) is 19.3. The van der Waals surface area contributed by atoms with E-state index in [1.165, 1.54) is 23.5 Å². The highest BCUT2D eigenvalue weighted by molar-refractivity contribution is 7.88. The summed E-state index contributed by atoms with van der Waals surface area (Å²) < 4.78 is 58.3. The van der Waals surface area contributed by atoms with E-state index in [1.807, 2.05) is 0 Å². The lowest BCUT2D eigenvalue weighted by molar-refractivity contribution is -0.126. The quantitative estimate of drug-likeness (QED) is 0.762. The molecule has 10 heteroatoms. The van der Waals surface area contributed by atoms with Gasteiger partial charge in [0.05, 0.1) is 13.4 Å². The van der Waals surface area contributed by atoms with E-state index in [0.717, 1.165) is 6.26 Å². The van der Waals surface area contributed by atoms with Crippen LogP contribution in [0, 0.1) is 5.92 Å². The van der Waals surface area contributed by atoms with Gasteiger partial charge in [-0.05, 0) is 30.5 Å². The Hall–Kier alpha value is -1.94. The largest absolute Gasteiger partial charge is 0.493 e. The Labute approximate surface area is 151 Å². The van der Waals surface area contributed by atoms with E-state index < -0.39 is 16.6 Å². The molecule has 0 saturated carbocycles. The van der Waals surface area contributed by atoms with Gasteiger partial charge in [-0.2, -0.15) is 8.78 Å². The van der Waals surface area contributed by atoms with Crippen LogP contribution in [-0.2, 0) is 21.4 Å². The van der Waals surface area contributed by atoms with E-state index in [1.54, 1.807) is 6.07 Å². The Morgan fingerprint density at radius 2 is 1.96 bits per heavy atom. The van der Waals surface area contributed by atoms with Crippen LogP contribution in [0.3, 0.4) is 0 Å². The van der Waals surface area contributed by atoms with Crippen LogP contribution < -0.4 is 14.8 Å². The molecule has 1 aromatic rings. The Balaban J connectivity index is 1.89. The monoisotopic (exact) mass is 392 g/mol. The summed E-state index contributed by atoms with van der Waals surface area (Å²) in [5.74, 6) is -0.342. The smallest absolute Gasteiger partial charge is 0.387 e. The third-order valence-electron chi connectivity index (χ3n) is 4.20. The number of benzene rings is 1. The van der Waals surface area contributed by atoms with Crippen molar-refractivity contribution in [1.29, 1.82) is 0 Å². The van der Waals surface area contributed by atoms with Crippen molar-refractivity contribution in [1.82, 2.24) is 9.62 Å². The summed E-state index contributed by atoms with van der Waals surface area (Å²) in [5, 5.41) is 2.78. The maximum atomic E-state index is 12.3. The van der Waals surface area contributed by atoms with Crippen LogP contribution in [0.4, 0.5) is 8.78 Å². The van der Waals surface area contributed by atoms with Crippen LogP contribution in [0.5, 0.6) is 11.5 Å². The zero-order valence-corrected chi connectivity index (χ0v) is 15.4. The highest BCUT2D eigenvalue weighted by atomic mass is 32.2. The second kappa shape index (κ2) is 8.63. The molecule has 1 N–H and O–H groups in total. The maximum Gasteiger partial charge on any atom is 0.387 e. The van der Waals surface area contributed by atoms with Gasteiger partial charge in [0.15, 0.2) is 11.5 Å². The number of alkyl halides is 2. The number of sulfonamides is 1. The molecule has 1 amide bonds. The van der Waals surface area contributed by atoms with Gasteiger partial charge in [-0.3, -0.25) is 4.79 Å². The molecule has 0 aromatic heterocycles. The lowest BCUT2D eigenvalue weighted by Gasteiger charge is -2.29. The first-order valence-electron chi connectivity index (χ1n) is 8.05. The summed E-state index contributed by atoms with van der Waals surface area (Å²) in [6.07, 6.45) is 2.08. The van der Waals surface area contributed by atoms with Crippen LogP contribution >= 0.6 is 0 Å². The second-order valence-corrected chi connectivity index (χ2v) is 8.00. The zero-order valence-electron chi connectivity index (χ0n) is 14.6. The maximum absolute atomic E-state index is 12.3. The van der Waals surface area contributed by atoms with E-state index in [2.05, 4.69) is 10.1 Å². The lowest BCUT2D eigenvalue weighted by atomic mass is 9.97. The van der Waals surface area contributed by atoms with Gasteiger partial charge < -0.3 is 14.8 Å². The van der Waals surface area contributed by atoms with Crippen LogP contribution in [-0.4, -0.2) is 51.7 Å². The number of nitrogens with one attached hydrogen (secondary N) is 1. The lowest BCUT2D eigenvalue weighted by Crippen LogP contribution is -2.42. The van der Waals surface area contributed by atoms with Crippen molar-refractivity contribution in [3.05, 3.63) is 23.8 Å². The van der Waals surface area contributed by atoms with Crippen LogP contribution in [0.1, 0.15) is 18.4 Å². The molecule has 26 heavy (non-hydrogen) atoms. The predicted molar refractivity (Wildman–Crippen MR) is 90.6 cm³/mol. The first-order valence-corrected chi connectivity index (χ1v) is 9.90. The van der Waals surface area contributed by atoms with Crippen molar-refractivity contribution in [3.63, 3.8) is 0 Å². The topological polar surface area (TPSA) is 84.9 Å². The molecule has 1 fully saturated rings. The molecule has 1 aliphatic rings. The van der Waals surface area contributed by atoms with Gasteiger partial charge in [-0.25, -0.2) is 12.7 Å². The molecule has 1 heterocycles. The fourth-order valence-corrected chi connectivity index (χ4v) is 3.67. The van der Waals surface area contributed by atoms with Crippen molar-refractivity contribution in [3.8, 4) is 11.5 Å². The molecule has 1 saturated heterocycles. The van der Waals surface area contributed by atoms with Crippen molar-refractivity contribution in [2.24, 2.45) is 5.92 Å². The number of methoxy groups -OCH3 is 1. The Morgan fingerprint density at radius 1 is 1.31 bits per heavy atom. The number of carbonyl (C=O) groups excluding carboxylic acids is 1. The highest BCUT2D eigenvalue weighted by Crippen LogP contribution is 2.29. The Morgan fingerprint density at radius 3 is 2.50 bits per heavy atom. The van der Waals surface area contributed by atoms with E-state index >= 15 is 0 Å². The van der Waals surface area contributed by atoms with Gasteiger partial charge in [0.1, 0.15) is 0 Å². The van der Waals surface area contributed by atoms with E-state index in [9.17, 15) is 22.0 Å². The van der Waals surface area contributed by atoms with Gasteiger partial charge in [0, 0.05) is 25.6 Å². The summed E-state index contributed by atoms with van der Waals surface area (Å²) in [7, 11) is -1.89. The Kier molecular flexibility index (Phi) is 6.76. The molecule has 0 unspecified atom stereocenters. The third kappa shape index (κ3) is 5.53. The molecule has 1 aliphatic heterocycles. The molecular formula is C16H22F2N2O5S. The van der Waals surface area contributed by atoms with Crippen molar-refractivity contribution in [2.45, 2.75) is 26.0 Å². The number of hydrogen-bond donors (Lipinski definition) is 1. The predicted octanol–water partition coefficient (Wildman–Crippen LogP) is 1.58. The summed E-state index contributed by atoms with van der Waals surface area (Å²) in [6, 6.07) is 4.44. The molecule has 0 atom stereocenters. The molecule has 2 rings (SSSR count). The van der Waals surface area contributed by atoms with Gasteiger partial charge in [0.25, 0.3) is 0 Å². The molecule has 1 aromatic carbocycles. The van der Waals surface area contributed by atoms with Crippen molar-refractivity contribution < 1.29 is 31.5 Å². The van der Waals surface area contributed by atoms with Gasteiger partial charge >= 0.3 is 6.61 Å². The minimum atomic E-state index is -3.23. The molecule has 0 bridgehead atoms. The highest BCUT2D eigenvalue weighted by Gasteiger charge is 2.28. The fourth-order valence-electron chi connectivity index (χ4n) is 2.80. The van der Waals surface area contributed by atoms with E-state index in [4.69, 9.17) is 4.74 Å². The number of amides is 1. The van der Waals surface area contributed by atoms with E-state index in [0.29, 0.717) is 31.5 Å². The van der Waals surface area contributed by atoms with Crippen LogP contribution in [0.25, 0.3) is 0 Å². The first-order chi connectivity index (χ1) is 12.2. The van der Waals surface area contributed by atoms with Gasteiger partial charge in [0.2, 0.25) is 15.9 Å². The number of hydrogen-bond acceptors (Lipinski definition) is 5. The van der Waals surface area contributed by atoms with Crippen LogP contribution in [0.15, 0.2) is 18.2 Å². The summed E-state index contributed by atoms with van der Waals surface area (Å²) in [4.78, 5) is 12.3. The van der Waals surface area contributed by atoms with Crippen molar-refractivity contribution in [2.75, 3.05) is 26.5 Å². The normalized spacial score (nSPS) is 16.5. The number of ether oxygens (including phenoxy) is 2. The van der Waals surface area contributed by atoms with E-state index in [-0.39, 0.29) is 29.9 Å². The third-order valence-corrected chi connectivity index (χ3v) is 5.51. The minimum Gasteiger partial charge on any atom is -0.493 e. The summed E-state index contributed by atoms with van der Waals surface area (Å²) in [6.45, 7) is -2.10. The molecule has 146 valence electrons. The molecule has 7 nitrogen and oxygen atoms in total. The van der Waals surface area contributed by atoms with Crippen molar-refractivity contribution >= 4 is 15.9 Å². The fraction of sp³-hybridized carbons (Fsp3) is 0.562. The molecule has 0 spiro atoms. The number of carbonyl (C=O) groups is 1. The standard InChI is InChI=1S/C16H22F2N2O5S/c1-24-14-9-11(3-4-13(14)25-16(17)18)10-19-15(21)12-5-7-20(8-6-12)26(2,22)23/h3-4,9,12,16H,5-8,10H2,1-2H3,(H,19,21). The van der Waals surface area contributed by atoms with Gasteiger partial charge in [-0.15, -0.1) is 0 Å². The minimum absolute atomic E-state index is 0.0780. The average molecular weight is 392 g/mol. The Bertz CT molecular complexity index is 734. The molecule has 0 radical (unpaired) electrons. The summed E-state index contributed by atoms with van der Waals surface area (Å²) >= 11 is 0. The van der Waals surface area contributed by atoms with Crippen LogP contribution in [0.2, 0.25) is 0 Å². The average Bonchev–Trinajstić information content (AvgIpc) is 2.59. The first kappa shape index (κ1) is 20.4.